The number of carbonyl (C=O) groups is 2. The van der Waals surface area contributed by atoms with E-state index in [0.717, 1.165) is 27.6 Å². The van der Waals surface area contributed by atoms with Crippen molar-refractivity contribution in [3.05, 3.63) is 21.1 Å². The van der Waals surface area contributed by atoms with Crippen LogP contribution in [0.2, 0.25) is 0 Å². The minimum absolute atomic E-state index is 0.126. The van der Waals surface area contributed by atoms with E-state index in [1.165, 1.54) is 6.20 Å². The van der Waals surface area contributed by atoms with Crippen LogP contribution in [0.15, 0.2) is 6.20 Å². The summed E-state index contributed by atoms with van der Waals surface area (Å²) in [5.41, 5.74) is -4.51. The zero-order chi connectivity index (χ0) is 24.8. The molecule has 0 aromatic carbocycles. The van der Waals surface area contributed by atoms with Gasteiger partial charge in [-0.25, -0.2) is 4.98 Å². The number of hydrogen-bond donors (Lipinski definition) is 1. The predicted octanol–water partition coefficient (Wildman–Crippen LogP) is 5.30. The molecule has 0 aliphatic heterocycles. The molecule has 2 aromatic rings. The highest BCUT2D eigenvalue weighted by molar-refractivity contribution is 7.15. The molecule has 1 amide bonds. The Morgan fingerprint density at radius 1 is 0.882 bits per heavy atom. The van der Waals surface area contributed by atoms with Gasteiger partial charge in [-0.1, -0.05) is 0 Å². The number of aryl methyl sites for hydroxylation is 2. The highest BCUT2D eigenvalue weighted by Crippen LogP contribution is 2.59. The molecule has 0 spiro atoms. The van der Waals surface area contributed by atoms with Gasteiger partial charge < -0.3 is 5.32 Å². The molecule has 2 aliphatic rings. The lowest BCUT2D eigenvalue weighted by Crippen LogP contribution is -2.36. The Morgan fingerprint density at radius 2 is 1.47 bits per heavy atom. The summed E-state index contributed by atoms with van der Waals surface area (Å²) in [5.74, 6) is -1.94. The van der Waals surface area contributed by atoms with Crippen LogP contribution in [-0.2, 0) is 28.9 Å². The third kappa shape index (κ3) is 4.97. The Balaban J connectivity index is 1.20. The number of amides is 1. The number of ketones is 1. The zero-order valence-corrected chi connectivity index (χ0v) is 19.3. The number of hydrogen-bond acceptors (Lipinski definition) is 7. The summed E-state index contributed by atoms with van der Waals surface area (Å²) in [6.07, 6.45) is -6.24. The highest BCUT2D eigenvalue weighted by atomic mass is 32.1. The maximum absolute atomic E-state index is 13.0. The molecular formula is C20H20F6N4O2S2. The molecule has 0 saturated heterocycles. The van der Waals surface area contributed by atoms with Crippen molar-refractivity contribution in [3.8, 4) is 0 Å². The Bertz CT molecular complexity index is 986. The molecule has 0 radical (unpaired) electrons. The van der Waals surface area contributed by atoms with Crippen molar-refractivity contribution in [2.24, 2.45) is 10.8 Å². The quantitative estimate of drug-likeness (QED) is 0.336. The molecular weight excluding hydrogens is 506 g/mol. The van der Waals surface area contributed by atoms with Gasteiger partial charge in [0, 0.05) is 17.5 Å². The highest BCUT2D eigenvalue weighted by Gasteiger charge is 2.69. The lowest BCUT2D eigenvalue weighted by molar-refractivity contribution is -0.191. The van der Waals surface area contributed by atoms with Gasteiger partial charge in [-0.05, 0) is 44.9 Å². The van der Waals surface area contributed by atoms with Crippen molar-refractivity contribution < 1.29 is 35.9 Å². The van der Waals surface area contributed by atoms with Crippen molar-refractivity contribution in [3.63, 3.8) is 0 Å². The van der Waals surface area contributed by atoms with Crippen LogP contribution in [0.3, 0.4) is 0 Å². The Morgan fingerprint density at radius 3 is 2.06 bits per heavy atom. The minimum Gasteiger partial charge on any atom is -0.301 e. The number of rotatable bonds is 10. The van der Waals surface area contributed by atoms with Gasteiger partial charge in [-0.3, -0.25) is 9.59 Å². The van der Waals surface area contributed by atoms with E-state index in [0.29, 0.717) is 30.7 Å². The van der Waals surface area contributed by atoms with Gasteiger partial charge in [0.25, 0.3) is 0 Å². The van der Waals surface area contributed by atoms with Gasteiger partial charge in [0.05, 0.1) is 6.42 Å². The summed E-state index contributed by atoms with van der Waals surface area (Å²) in [6.45, 7) is 0. The third-order valence-corrected chi connectivity index (χ3v) is 8.17. The number of unbranched alkanes of at least 4 members (excludes halogenated alkanes) is 1. The maximum Gasteiger partial charge on any atom is 0.403 e. The van der Waals surface area contributed by atoms with E-state index in [-0.39, 0.29) is 42.2 Å². The molecule has 2 aliphatic carbocycles. The number of anilines is 1. The molecule has 6 nitrogen and oxygen atoms in total. The van der Waals surface area contributed by atoms with E-state index in [1.807, 2.05) is 0 Å². The van der Waals surface area contributed by atoms with Crippen molar-refractivity contribution in [2.45, 2.75) is 70.1 Å². The fourth-order valence-electron chi connectivity index (χ4n) is 3.65. The standard InChI is InChI=1S/C20H20F6N4O2S2/c21-19(22,23)17(5-6-17)12(31)9-14-30-29-13(34-14)4-2-1-3-11-10-27-16(33-11)28-15(32)18(7-8-18)20(24,25)26/h10H,1-9H2,(H,27,28,32). The molecule has 34 heavy (non-hydrogen) atoms. The first kappa shape index (κ1) is 25.0. The first-order valence-electron chi connectivity index (χ1n) is 10.6. The number of aromatic nitrogens is 3. The smallest absolute Gasteiger partial charge is 0.301 e. The molecule has 2 fully saturated rings. The van der Waals surface area contributed by atoms with E-state index < -0.39 is 34.9 Å². The average Bonchev–Trinajstić information content (AvgIpc) is 3.63. The number of Topliss-reactive ketones (excluding diaryl/α,β-unsaturated/α-hetero) is 1. The number of nitrogens with zero attached hydrogens (tertiary/aromatic N) is 3. The summed E-state index contributed by atoms with van der Waals surface area (Å²) in [6, 6.07) is 0. The molecule has 0 atom stereocenters. The zero-order valence-electron chi connectivity index (χ0n) is 17.7. The van der Waals surface area contributed by atoms with Crippen molar-refractivity contribution >= 4 is 39.5 Å². The topological polar surface area (TPSA) is 84.8 Å². The van der Waals surface area contributed by atoms with Crippen LogP contribution in [0.5, 0.6) is 0 Å². The number of thiazole rings is 1. The SMILES string of the molecule is O=C(Cc1nnc(CCCCc2cnc(NC(=O)C3(C(F)(F)F)CC3)s2)s1)C1(C(F)(F)F)CC1. The van der Waals surface area contributed by atoms with Crippen LogP contribution < -0.4 is 5.32 Å². The van der Waals surface area contributed by atoms with Gasteiger partial charge in [-0.15, -0.1) is 32.9 Å². The largest absolute Gasteiger partial charge is 0.403 e. The molecule has 186 valence electrons. The second-order valence-corrected chi connectivity index (χ2v) is 10.9. The Labute approximate surface area is 198 Å². The fourth-order valence-corrected chi connectivity index (χ4v) is 5.38. The van der Waals surface area contributed by atoms with Crippen LogP contribution >= 0.6 is 22.7 Å². The van der Waals surface area contributed by atoms with E-state index >= 15 is 0 Å². The van der Waals surface area contributed by atoms with Crippen molar-refractivity contribution in [1.82, 2.24) is 15.2 Å². The molecule has 4 rings (SSSR count). The molecule has 0 unspecified atom stereocenters. The van der Waals surface area contributed by atoms with Gasteiger partial charge in [0.1, 0.15) is 20.8 Å². The van der Waals surface area contributed by atoms with Gasteiger partial charge >= 0.3 is 12.4 Å². The summed E-state index contributed by atoms with van der Waals surface area (Å²) >= 11 is 2.24. The molecule has 2 aromatic heterocycles. The molecule has 0 bridgehead atoms. The van der Waals surface area contributed by atoms with Gasteiger partial charge in [-0.2, -0.15) is 26.3 Å². The lowest BCUT2D eigenvalue weighted by atomic mass is 9.98. The first-order chi connectivity index (χ1) is 15.9. The van der Waals surface area contributed by atoms with Crippen LogP contribution in [0.1, 0.15) is 53.4 Å². The van der Waals surface area contributed by atoms with E-state index in [9.17, 15) is 35.9 Å². The molecule has 2 saturated carbocycles. The second-order valence-electron chi connectivity index (χ2n) is 8.64. The first-order valence-corrected chi connectivity index (χ1v) is 12.2. The minimum atomic E-state index is -4.58. The van der Waals surface area contributed by atoms with Crippen LogP contribution in [-0.4, -0.2) is 39.2 Å². The van der Waals surface area contributed by atoms with Crippen molar-refractivity contribution in [1.29, 1.82) is 0 Å². The summed E-state index contributed by atoms with van der Waals surface area (Å²) in [5, 5.41) is 11.1. The van der Waals surface area contributed by atoms with Crippen molar-refractivity contribution in [2.75, 3.05) is 5.32 Å². The predicted molar refractivity (Wildman–Crippen MR) is 111 cm³/mol. The van der Waals surface area contributed by atoms with Crippen LogP contribution in [0.4, 0.5) is 31.5 Å². The molecule has 2 heterocycles. The molecule has 1 N–H and O–H groups in total. The fraction of sp³-hybridized carbons (Fsp3) is 0.650. The van der Waals surface area contributed by atoms with Gasteiger partial charge in [0.15, 0.2) is 10.9 Å². The number of carbonyl (C=O) groups excluding carboxylic acids is 2. The van der Waals surface area contributed by atoms with Crippen LogP contribution in [0, 0.1) is 10.8 Å². The Kier molecular flexibility index (Phi) is 6.51. The summed E-state index contributed by atoms with van der Waals surface area (Å²) in [4.78, 5) is 28.9. The monoisotopic (exact) mass is 526 g/mol. The second kappa shape index (κ2) is 8.85. The van der Waals surface area contributed by atoms with E-state index in [1.54, 1.807) is 0 Å². The normalized spacial score (nSPS) is 18.5. The lowest BCUT2D eigenvalue weighted by Gasteiger charge is -2.17. The molecule has 14 heteroatoms. The summed E-state index contributed by atoms with van der Waals surface area (Å²) in [7, 11) is 0. The summed E-state index contributed by atoms with van der Waals surface area (Å²) < 4.78 is 78.2. The van der Waals surface area contributed by atoms with E-state index in [4.69, 9.17) is 0 Å². The van der Waals surface area contributed by atoms with Gasteiger partial charge in [0.2, 0.25) is 5.91 Å². The van der Waals surface area contributed by atoms with E-state index in [2.05, 4.69) is 20.5 Å². The number of halogens is 6. The Hall–Kier alpha value is -2.09. The van der Waals surface area contributed by atoms with Crippen LogP contribution in [0.25, 0.3) is 0 Å². The maximum atomic E-state index is 13.0. The third-order valence-electron chi connectivity index (χ3n) is 6.21. The number of alkyl halides is 6. The average molecular weight is 527 g/mol. The number of nitrogens with one attached hydrogen (secondary N) is 1.